The fraction of sp³-hybridized carbons (Fsp3) is 0.900. The van der Waals surface area contributed by atoms with Crippen LogP contribution in [0.1, 0.15) is 58.8 Å². The number of Topliss-reactive ketones (excluding diaryl/α,β-unsaturated/α-hetero) is 1. The van der Waals surface area contributed by atoms with E-state index >= 15 is 0 Å². The predicted molar refractivity (Wildman–Crippen MR) is 55.9 cm³/mol. The van der Waals surface area contributed by atoms with Crippen molar-refractivity contribution in [1.29, 1.82) is 0 Å². The molecule has 0 unspecified atom stereocenters. The molecule has 0 amide bonds. The van der Waals surface area contributed by atoms with E-state index in [9.17, 15) is 4.79 Å². The predicted octanol–water partition coefficient (Wildman–Crippen LogP) is 3.75. The van der Waals surface area contributed by atoms with Crippen molar-refractivity contribution >= 4 is 18.2 Å². The Morgan fingerprint density at radius 2 is 1.42 bits per heavy atom. The smallest absolute Gasteiger partial charge is 0.132 e. The highest BCUT2D eigenvalue weighted by Gasteiger charge is 1.99. The Labute approximate surface area is 82.3 Å². The molecule has 0 spiro atoms. The van der Waals surface area contributed by atoms with Gasteiger partial charge in [-0.25, -0.2) is 0 Å². The third-order valence-corrected chi connectivity index (χ3v) is 1.87. The van der Waals surface area contributed by atoms with Gasteiger partial charge in [-0.2, -0.15) is 0 Å². The van der Waals surface area contributed by atoms with Crippen molar-refractivity contribution < 1.29 is 4.79 Å². The number of rotatable bonds is 7. The zero-order valence-corrected chi connectivity index (χ0v) is 9.08. The molecule has 1 nitrogen and oxygen atoms in total. The second-order valence-electron chi connectivity index (χ2n) is 3.10. The monoisotopic (exact) mass is 192 g/mol. The molecular formula is C10H21ClO. The molecule has 0 aliphatic heterocycles. The number of carbonyl (C=O) groups is 1. The summed E-state index contributed by atoms with van der Waals surface area (Å²) in [4.78, 5) is 11.1. The second kappa shape index (κ2) is 11.0. The molecule has 0 heterocycles. The van der Waals surface area contributed by atoms with Crippen LogP contribution in [0.5, 0.6) is 0 Å². The summed E-state index contributed by atoms with van der Waals surface area (Å²) in [5, 5.41) is 0. The minimum absolute atomic E-state index is 0. The minimum Gasteiger partial charge on any atom is -0.300 e. The first-order valence-electron chi connectivity index (χ1n) is 4.83. The van der Waals surface area contributed by atoms with Crippen LogP contribution < -0.4 is 0 Å². The van der Waals surface area contributed by atoms with Crippen LogP contribution in [-0.2, 0) is 4.79 Å². The highest BCUT2D eigenvalue weighted by molar-refractivity contribution is 5.85. The number of carbonyl (C=O) groups excluding carboxylic acids is 1. The first-order valence-corrected chi connectivity index (χ1v) is 4.83. The van der Waals surface area contributed by atoms with E-state index in [1.54, 1.807) is 0 Å². The van der Waals surface area contributed by atoms with Crippen molar-refractivity contribution in [3.63, 3.8) is 0 Å². The van der Waals surface area contributed by atoms with Gasteiger partial charge in [-0.3, -0.25) is 4.79 Å². The third kappa shape index (κ3) is 9.96. The molecule has 2 heteroatoms. The maximum absolute atomic E-state index is 11.1. The number of hydrogen-bond donors (Lipinski definition) is 0. The molecule has 74 valence electrons. The maximum Gasteiger partial charge on any atom is 0.132 e. The minimum atomic E-state index is 0. The quantitative estimate of drug-likeness (QED) is 0.562. The van der Waals surface area contributed by atoms with E-state index in [0.717, 1.165) is 32.1 Å². The number of hydrogen-bond acceptors (Lipinski definition) is 1. The van der Waals surface area contributed by atoms with E-state index in [2.05, 4.69) is 13.8 Å². The summed E-state index contributed by atoms with van der Waals surface area (Å²) in [6.45, 7) is 4.29. The fourth-order valence-corrected chi connectivity index (χ4v) is 1.07. The van der Waals surface area contributed by atoms with Crippen LogP contribution in [0.25, 0.3) is 0 Å². The van der Waals surface area contributed by atoms with Gasteiger partial charge in [-0.05, 0) is 12.8 Å². The molecule has 0 radical (unpaired) electrons. The van der Waals surface area contributed by atoms with Crippen molar-refractivity contribution in [3.05, 3.63) is 0 Å². The normalized spacial score (nSPS) is 9.17. The van der Waals surface area contributed by atoms with Gasteiger partial charge < -0.3 is 0 Å². The number of unbranched alkanes of at least 4 members (excludes halogenated alkanes) is 3. The Morgan fingerprint density at radius 3 is 1.92 bits per heavy atom. The van der Waals surface area contributed by atoms with Crippen LogP contribution in [0.2, 0.25) is 0 Å². The van der Waals surface area contributed by atoms with Gasteiger partial charge in [0.05, 0.1) is 0 Å². The molecule has 0 saturated carbocycles. The van der Waals surface area contributed by atoms with Crippen LogP contribution in [0.15, 0.2) is 0 Å². The van der Waals surface area contributed by atoms with Gasteiger partial charge in [-0.1, -0.05) is 33.1 Å². The topological polar surface area (TPSA) is 17.1 Å². The summed E-state index contributed by atoms with van der Waals surface area (Å²) >= 11 is 0. The van der Waals surface area contributed by atoms with Crippen LogP contribution in [0.3, 0.4) is 0 Å². The summed E-state index contributed by atoms with van der Waals surface area (Å²) in [6.07, 6.45) is 7.34. The van der Waals surface area contributed by atoms with Gasteiger partial charge in [0.1, 0.15) is 5.78 Å². The maximum atomic E-state index is 11.1. The van der Waals surface area contributed by atoms with Crippen molar-refractivity contribution in [1.82, 2.24) is 0 Å². The van der Waals surface area contributed by atoms with Crippen molar-refractivity contribution in [2.24, 2.45) is 0 Å². The van der Waals surface area contributed by atoms with E-state index in [-0.39, 0.29) is 12.4 Å². The van der Waals surface area contributed by atoms with Gasteiger partial charge >= 0.3 is 0 Å². The molecule has 0 atom stereocenters. The molecule has 12 heavy (non-hydrogen) atoms. The summed E-state index contributed by atoms with van der Waals surface area (Å²) in [6, 6.07) is 0. The van der Waals surface area contributed by atoms with Crippen molar-refractivity contribution in [3.8, 4) is 0 Å². The molecule has 0 aliphatic rings. The first-order chi connectivity index (χ1) is 5.31. The Balaban J connectivity index is 0. The Bertz CT molecular complexity index is 102. The second-order valence-corrected chi connectivity index (χ2v) is 3.10. The molecule has 0 aliphatic carbocycles. The van der Waals surface area contributed by atoms with Gasteiger partial charge in [0.15, 0.2) is 0 Å². The van der Waals surface area contributed by atoms with Crippen LogP contribution in [-0.4, -0.2) is 5.78 Å². The number of halogens is 1. The molecule has 0 rings (SSSR count). The van der Waals surface area contributed by atoms with E-state index in [1.807, 2.05) is 0 Å². The summed E-state index contributed by atoms with van der Waals surface area (Å²) in [7, 11) is 0. The number of ketones is 1. The molecule has 0 aromatic rings. The average Bonchev–Trinajstić information content (AvgIpc) is 2.01. The van der Waals surface area contributed by atoms with E-state index in [0.29, 0.717) is 5.78 Å². The molecule has 0 aromatic heterocycles. The lowest BCUT2D eigenvalue weighted by Crippen LogP contribution is -1.96. The Hall–Kier alpha value is -0.0400. The highest BCUT2D eigenvalue weighted by atomic mass is 35.5. The van der Waals surface area contributed by atoms with Gasteiger partial charge in [0, 0.05) is 12.8 Å². The lowest BCUT2D eigenvalue weighted by atomic mass is 10.1. The summed E-state index contributed by atoms with van der Waals surface area (Å²) in [5.74, 6) is 0.459. The zero-order chi connectivity index (χ0) is 8.53. The van der Waals surface area contributed by atoms with Crippen LogP contribution in [0, 0.1) is 0 Å². The molecular weight excluding hydrogens is 172 g/mol. The summed E-state index contributed by atoms with van der Waals surface area (Å²) in [5.41, 5.74) is 0. The Morgan fingerprint density at radius 1 is 0.917 bits per heavy atom. The van der Waals surface area contributed by atoms with Gasteiger partial charge in [0.25, 0.3) is 0 Å². The standard InChI is InChI=1S/C10H20O.ClH/c1-3-5-7-9-10(11)8-6-4-2;/h3-9H2,1-2H3;1H. The third-order valence-electron chi connectivity index (χ3n) is 1.87. The van der Waals surface area contributed by atoms with Crippen molar-refractivity contribution in [2.75, 3.05) is 0 Å². The van der Waals surface area contributed by atoms with Crippen LogP contribution >= 0.6 is 12.4 Å². The zero-order valence-electron chi connectivity index (χ0n) is 8.27. The molecule has 0 bridgehead atoms. The average molecular weight is 193 g/mol. The van der Waals surface area contributed by atoms with E-state index in [1.165, 1.54) is 12.8 Å². The SMILES string of the molecule is CCCCCC(=O)CCCC.Cl. The lowest BCUT2D eigenvalue weighted by molar-refractivity contribution is -0.119. The van der Waals surface area contributed by atoms with Crippen molar-refractivity contribution in [2.45, 2.75) is 58.8 Å². The molecule has 0 N–H and O–H groups in total. The van der Waals surface area contributed by atoms with E-state index < -0.39 is 0 Å². The largest absolute Gasteiger partial charge is 0.300 e. The lowest BCUT2D eigenvalue weighted by Gasteiger charge is -1.97. The van der Waals surface area contributed by atoms with Gasteiger partial charge in [0.2, 0.25) is 0 Å². The highest BCUT2D eigenvalue weighted by Crippen LogP contribution is 2.04. The first kappa shape index (κ1) is 14.5. The van der Waals surface area contributed by atoms with Crippen LogP contribution in [0.4, 0.5) is 0 Å². The molecule has 0 saturated heterocycles. The van der Waals surface area contributed by atoms with E-state index in [4.69, 9.17) is 0 Å². The summed E-state index contributed by atoms with van der Waals surface area (Å²) < 4.78 is 0. The molecule has 0 fully saturated rings. The fourth-order valence-electron chi connectivity index (χ4n) is 1.07. The van der Waals surface area contributed by atoms with Gasteiger partial charge in [-0.15, -0.1) is 12.4 Å². The molecule has 0 aromatic carbocycles. The Kier molecular flexibility index (Phi) is 13.2.